The fourth-order valence-corrected chi connectivity index (χ4v) is 2.98. The number of nitrogens with zero attached hydrogens (tertiary/aromatic N) is 2. The van der Waals surface area contributed by atoms with Gasteiger partial charge in [-0.05, 0) is 23.4 Å². The number of hydrogen-bond acceptors (Lipinski definition) is 3. The van der Waals surface area contributed by atoms with Crippen molar-refractivity contribution in [3.8, 4) is 0 Å². The summed E-state index contributed by atoms with van der Waals surface area (Å²) in [4.78, 5) is 0.952. The monoisotopic (exact) mass is 256 g/mol. The summed E-state index contributed by atoms with van der Waals surface area (Å²) in [7, 11) is 1.78. The normalized spacial score (nSPS) is 13.0. The van der Waals surface area contributed by atoms with Crippen LogP contribution in [0.4, 0.5) is 0 Å². The second-order valence-electron chi connectivity index (χ2n) is 3.57. The van der Waals surface area contributed by atoms with Crippen molar-refractivity contribution >= 4 is 22.9 Å². The van der Waals surface area contributed by atoms with Gasteiger partial charge in [-0.15, -0.1) is 11.3 Å². The quantitative estimate of drug-likeness (QED) is 0.917. The van der Waals surface area contributed by atoms with Crippen molar-refractivity contribution in [2.24, 2.45) is 7.05 Å². The average Bonchev–Trinajstić information content (AvgIpc) is 2.85. The molecule has 2 aromatic rings. The maximum absolute atomic E-state index is 10.3. The molecule has 1 unspecified atom stereocenters. The standard InChI is InChI=1S/C11H13ClN2OS/c1-3-7-4-5-16-11(7)10(15)9-8(12)6-13-14(9)2/h4-6,10,15H,3H2,1-2H3. The molecule has 0 radical (unpaired) electrons. The first kappa shape index (κ1) is 11.6. The predicted molar refractivity (Wildman–Crippen MR) is 66.0 cm³/mol. The van der Waals surface area contributed by atoms with Gasteiger partial charge in [0.1, 0.15) is 6.10 Å². The summed E-state index contributed by atoms with van der Waals surface area (Å²) < 4.78 is 1.62. The number of hydrogen-bond donors (Lipinski definition) is 1. The van der Waals surface area contributed by atoms with Gasteiger partial charge in [0.15, 0.2) is 0 Å². The Labute approximate surface area is 103 Å². The Bertz CT molecular complexity index is 472. The van der Waals surface area contributed by atoms with E-state index in [0.717, 1.165) is 16.9 Å². The van der Waals surface area contributed by atoms with Gasteiger partial charge in [-0.2, -0.15) is 5.10 Å². The van der Waals surface area contributed by atoms with Crippen molar-refractivity contribution in [1.29, 1.82) is 0 Å². The van der Waals surface area contributed by atoms with Gasteiger partial charge in [0.25, 0.3) is 0 Å². The summed E-state index contributed by atoms with van der Waals surface area (Å²) in [5.74, 6) is 0. The van der Waals surface area contributed by atoms with Gasteiger partial charge in [-0.25, -0.2) is 0 Å². The van der Waals surface area contributed by atoms with Crippen molar-refractivity contribution < 1.29 is 5.11 Å². The SMILES string of the molecule is CCc1ccsc1C(O)c1c(Cl)cnn1C. The smallest absolute Gasteiger partial charge is 0.131 e. The molecule has 0 aliphatic rings. The molecule has 0 saturated heterocycles. The zero-order valence-electron chi connectivity index (χ0n) is 9.14. The number of aromatic nitrogens is 2. The Morgan fingerprint density at radius 1 is 1.62 bits per heavy atom. The summed E-state index contributed by atoms with van der Waals surface area (Å²) in [5, 5.41) is 16.8. The van der Waals surface area contributed by atoms with Gasteiger partial charge in [0, 0.05) is 11.9 Å². The van der Waals surface area contributed by atoms with Crippen molar-refractivity contribution in [2.45, 2.75) is 19.4 Å². The molecule has 0 aromatic carbocycles. The highest BCUT2D eigenvalue weighted by Crippen LogP contribution is 2.33. The number of thiophene rings is 1. The molecule has 0 aliphatic heterocycles. The van der Waals surface area contributed by atoms with Crippen molar-refractivity contribution in [3.63, 3.8) is 0 Å². The Morgan fingerprint density at radius 2 is 2.38 bits per heavy atom. The Morgan fingerprint density at radius 3 is 2.94 bits per heavy atom. The van der Waals surface area contributed by atoms with Crippen LogP contribution in [0.2, 0.25) is 5.02 Å². The maximum Gasteiger partial charge on any atom is 0.131 e. The van der Waals surface area contributed by atoms with Crippen LogP contribution < -0.4 is 0 Å². The van der Waals surface area contributed by atoms with E-state index >= 15 is 0 Å². The molecule has 0 amide bonds. The van der Waals surface area contributed by atoms with Crippen LogP contribution in [0.5, 0.6) is 0 Å². The van der Waals surface area contributed by atoms with Crippen molar-refractivity contribution in [1.82, 2.24) is 9.78 Å². The van der Waals surface area contributed by atoms with Crippen molar-refractivity contribution in [2.75, 3.05) is 0 Å². The molecular weight excluding hydrogens is 244 g/mol. The highest BCUT2D eigenvalue weighted by Gasteiger charge is 2.21. The van der Waals surface area contributed by atoms with Gasteiger partial charge in [0.2, 0.25) is 0 Å². The van der Waals surface area contributed by atoms with Crippen LogP contribution in [0, 0.1) is 0 Å². The minimum Gasteiger partial charge on any atom is -0.381 e. The lowest BCUT2D eigenvalue weighted by molar-refractivity contribution is 0.212. The first-order valence-electron chi connectivity index (χ1n) is 5.06. The summed E-state index contributed by atoms with van der Waals surface area (Å²) in [6, 6.07) is 2.04. The van der Waals surface area contributed by atoms with Gasteiger partial charge in [-0.1, -0.05) is 18.5 Å². The third-order valence-corrected chi connectivity index (χ3v) is 3.91. The molecule has 16 heavy (non-hydrogen) atoms. The molecule has 0 saturated carbocycles. The van der Waals surface area contributed by atoms with Crippen LogP contribution in [0.15, 0.2) is 17.6 Å². The minimum atomic E-state index is -0.685. The number of aliphatic hydroxyl groups is 1. The Kier molecular flexibility index (Phi) is 3.33. The van der Waals surface area contributed by atoms with E-state index in [-0.39, 0.29) is 0 Å². The molecule has 0 fully saturated rings. The molecule has 2 rings (SSSR count). The van der Waals surface area contributed by atoms with E-state index in [1.165, 1.54) is 0 Å². The number of aliphatic hydroxyl groups excluding tert-OH is 1. The summed E-state index contributed by atoms with van der Waals surface area (Å²) >= 11 is 7.56. The second-order valence-corrected chi connectivity index (χ2v) is 4.92. The predicted octanol–water partition coefficient (Wildman–Crippen LogP) is 2.78. The Balaban J connectivity index is 2.43. The van der Waals surface area contributed by atoms with E-state index in [0.29, 0.717) is 10.7 Å². The zero-order chi connectivity index (χ0) is 11.7. The van der Waals surface area contributed by atoms with E-state index in [1.807, 2.05) is 11.4 Å². The molecule has 0 spiro atoms. The lowest BCUT2D eigenvalue weighted by Gasteiger charge is -2.12. The van der Waals surface area contributed by atoms with Crippen LogP contribution in [0.25, 0.3) is 0 Å². The van der Waals surface area contributed by atoms with E-state index in [1.54, 1.807) is 29.3 Å². The highest BCUT2D eigenvalue weighted by molar-refractivity contribution is 7.10. The first-order valence-corrected chi connectivity index (χ1v) is 6.32. The number of rotatable bonds is 3. The van der Waals surface area contributed by atoms with Crippen LogP contribution in [-0.4, -0.2) is 14.9 Å². The topological polar surface area (TPSA) is 38.1 Å². The van der Waals surface area contributed by atoms with Crippen LogP contribution in [0.1, 0.15) is 29.2 Å². The molecule has 2 heterocycles. The van der Waals surface area contributed by atoms with E-state index in [4.69, 9.17) is 11.6 Å². The minimum absolute atomic E-state index is 0.505. The molecule has 1 atom stereocenters. The molecule has 1 N–H and O–H groups in total. The fraction of sp³-hybridized carbons (Fsp3) is 0.364. The molecule has 5 heteroatoms. The zero-order valence-corrected chi connectivity index (χ0v) is 10.7. The highest BCUT2D eigenvalue weighted by atomic mass is 35.5. The lowest BCUT2D eigenvalue weighted by Crippen LogP contribution is -2.07. The van der Waals surface area contributed by atoms with Gasteiger partial charge in [0.05, 0.1) is 16.9 Å². The van der Waals surface area contributed by atoms with Crippen LogP contribution in [0.3, 0.4) is 0 Å². The molecule has 86 valence electrons. The van der Waals surface area contributed by atoms with E-state index < -0.39 is 6.10 Å². The Hall–Kier alpha value is -0.840. The first-order chi connectivity index (χ1) is 7.65. The average molecular weight is 257 g/mol. The maximum atomic E-state index is 10.3. The lowest BCUT2D eigenvalue weighted by atomic mass is 10.1. The summed E-state index contributed by atoms with van der Waals surface area (Å²) in [6.45, 7) is 2.07. The third-order valence-electron chi connectivity index (χ3n) is 2.61. The number of aryl methyl sites for hydroxylation is 2. The summed E-state index contributed by atoms with van der Waals surface area (Å²) in [6.07, 6.45) is 1.78. The summed E-state index contributed by atoms with van der Waals surface area (Å²) in [5.41, 5.74) is 1.81. The number of halogens is 1. The molecule has 2 aromatic heterocycles. The molecular formula is C11H13ClN2OS. The van der Waals surface area contributed by atoms with Gasteiger partial charge in [-0.3, -0.25) is 4.68 Å². The van der Waals surface area contributed by atoms with Crippen LogP contribution in [-0.2, 0) is 13.5 Å². The molecule has 0 aliphatic carbocycles. The van der Waals surface area contributed by atoms with E-state index in [9.17, 15) is 5.11 Å². The van der Waals surface area contributed by atoms with Gasteiger partial charge < -0.3 is 5.11 Å². The fourth-order valence-electron chi connectivity index (χ4n) is 1.73. The van der Waals surface area contributed by atoms with Gasteiger partial charge >= 0.3 is 0 Å². The second kappa shape index (κ2) is 4.57. The largest absolute Gasteiger partial charge is 0.381 e. The molecule has 3 nitrogen and oxygen atoms in total. The van der Waals surface area contributed by atoms with Crippen molar-refractivity contribution in [3.05, 3.63) is 38.8 Å². The van der Waals surface area contributed by atoms with E-state index in [2.05, 4.69) is 12.0 Å². The van der Waals surface area contributed by atoms with Crippen LogP contribution >= 0.6 is 22.9 Å². The third kappa shape index (κ3) is 1.88. The molecule has 0 bridgehead atoms.